The van der Waals surface area contributed by atoms with Gasteiger partial charge in [-0.25, -0.2) is 4.99 Å². The van der Waals surface area contributed by atoms with Crippen molar-refractivity contribution in [2.45, 2.75) is 6.18 Å². The summed E-state index contributed by atoms with van der Waals surface area (Å²) in [7, 11) is 4.53. The molecule has 0 fully saturated rings. The van der Waals surface area contributed by atoms with Gasteiger partial charge in [0.1, 0.15) is 11.4 Å². The molecular weight excluding hydrogens is 275 g/mol. The molecule has 0 atom stereocenters. The van der Waals surface area contributed by atoms with Crippen LogP contribution in [0.1, 0.15) is 15.9 Å². The number of methoxy groups -OCH3 is 1. The molecule has 0 heterocycles. The smallest absolute Gasteiger partial charge is 0.417 e. The van der Waals surface area contributed by atoms with Gasteiger partial charge in [0.05, 0.1) is 24.6 Å². The van der Waals surface area contributed by atoms with Crippen molar-refractivity contribution < 1.29 is 22.7 Å². The molecule has 0 radical (unpaired) electrons. The molecule has 1 aromatic carbocycles. The lowest BCUT2D eigenvalue weighted by molar-refractivity contribution is -0.137. The second-order valence-electron chi connectivity index (χ2n) is 4.11. The summed E-state index contributed by atoms with van der Waals surface area (Å²) in [6.45, 7) is 0. The van der Waals surface area contributed by atoms with Crippen molar-refractivity contribution in [3.63, 3.8) is 0 Å². The third-order valence-corrected chi connectivity index (χ3v) is 2.33. The maximum absolute atomic E-state index is 12.9. The van der Waals surface area contributed by atoms with E-state index in [1.807, 2.05) is 0 Å². The molecule has 0 bridgehead atoms. The molecule has 110 valence electrons. The monoisotopic (exact) mass is 289 g/mol. The van der Waals surface area contributed by atoms with Gasteiger partial charge in [-0.15, -0.1) is 0 Å². The summed E-state index contributed by atoms with van der Waals surface area (Å²) >= 11 is 0. The largest absolute Gasteiger partial charge is 0.494 e. The molecule has 0 unspecified atom stereocenters. The number of aliphatic imine (C=N–C) groups is 1. The number of alkyl halides is 3. The van der Waals surface area contributed by atoms with Gasteiger partial charge < -0.3 is 15.4 Å². The lowest BCUT2D eigenvalue weighted by Crippen LogP contribution is -2.19. The minimum atomic E-state index is -4.71. The van der Waals surface area contributed by atoms with Crippen LogP contribution in [0.3, 0.4) is 0 Å². The fourth-order valence-electron chi connectivity index (χ4n) is 1.52. The number of halogens is 3. The zero-order valence-electron chi connectivity index (χ0n) is 11.2. The number of carbonyl (C=O) groups excluding carboxylic acids is 1. The number of nitrogens with zero attached hydrogens (tertiary/aromatic N) is 2. The van der Waals surface area contributed by atoms with Crippen LogP contribution in [0.15, 0.2) is 17.1 Å². The molecule has 8 heteroatoms. The molecule has 0 aliphatic carbocycles. The number of hydrogen-bond acceptors (Lipinski definition) is 3. The molecule has 1 aromatic rings. The standard InChI is InChI=1S/C12H14F3N3O2/c1-18(2)6-17-10-8(20-3)5-4-7(12(13,14)15)9(10)11(16)19/h4-6H,1-3H3,(H2,16,19). The van der Waals surface area contributed by atoms with Crippen LogP contribution in [0.5, 0.6) is 5.75 Å². The van der Waals surface area contributed by atoms with Crippen molar-refractivity contribution >= 4 is 17.9 Å². The minimum absolute atomic E-state index is 0.0323. The predicted molar refractivity (Wildman–Crippen MR) is 68.4 cm³/mol. The number of rotatable bonds is 4. The van der Waals surface area contributed by atoms with Crippen LogP contribution in [-0.2, 0) is 6.18 Å². The van der Waals surface area contributed by atoms with E-state index in [1.165, 1.54) is 18.3 Å². The van der Waals surface area contributed by atoms with E-state index in [4.69, 9.17) is 10.5 Å². The van der Waals surface area contributed by atoms with E-state index < -0.39 is 23.2 Å². The first-order valence-electron chi connectivity index (χ1n) is 5.47. The molecule has 0 spiro atoms. The quantitative estimate of drug-likeness (QED) is 0.681. The van der Waals surface area contributed by atoms with E-state index in [2.05, 4.69) is 4.99 Å². The van der Waals surface area contributed by atoms with Gasteiger partial charge >= 0.3 is 6.18 Å². The topological polar surface area (TPSA) is 67.9 Å². The van der Waals surface area contributed by atoms with E-state index in [0.717, 1.165) is 12.1 Å². The number of carbonyl (C=O) groups is 1. The van der Waals surface area contributed by atoms with Crippen molar-refractivity contribution in [1.29, 1.82) is 0 Å². The Morgan fingerprint density at radius 2 is 2.00 bits per heavy atom. The first-order valence-corrected chi connectivity index (χ1v) is 5.47. The van der Waals surface area contributed by atoms with Crippen molar-refractivity contribution in [2.24, 2.45) is 10.7 Å². The summed E-state index contributed by atoms with van der Waals surface area (Å²) in [5.74, 6) is -1.19. The first-order chi connectivity index (χ1) is 9.18. The summed E-state index contributed by atoms with van der Waals surface area (Å²) < 4.78 is 43.7. The van der Waals surface area contributed by atoms with Gasteiger partial charge in [-0.1, -0.05) is 0 Å². The average Bonchev–Trinajstić information content (AvgIpc) is 2.33. The van der Waals surface area contributed by atoms with Crippen molar-refractivity contribution in [1.82, 2.24) is 4.90 Å². The van der Waals surface area contributed by atoms with Gasteiger partial charge in [-0.3, -0.25) is 4.79 Å². The maximum atomic E-state index is 12.9. The molecule has 0 aliphatic heterocycles. The molecule has 0 aliphatic rings. The van der Waals surface area contributed by atoms with E-state index >= 15 is 0 Å². The van der Waals surface area contributed by atoms with Crippen molar-refractivity contribution in [2.75, 3.05) is 21.2 Å². The first kappa shape index (κ1) is 15.8. The van der Waals surface area contributed by atoms with Gasteiger partial charge in [0, 0.05) is 14.1 Å². The van der Waals surface area contributed by atoms with Gasteiger partial charge in [-0.05, 0) is 12.1 Å². The van der Waals surface area contributed by atoms with Crippen LogP contribution in [0.4, 0.5) is 18.9 Å². The lowest BCUT2D eigenvalue weighted by Gasteiger charge is -2.15. The fourth-order valence-corrected chi connectivity index (χ4v) is 1.52. The van der Waals surface area contributed by atoms with Crippen molar-refractivity contribution in [3.05, 3.63) is 23.3 Å². The van der Waals surface area contributed by atoms with Gasteiger partial charge in [-0.2, -0.15) is 13.2 Å². The van der Waals surface area contributed by atoms with Gasteiger partial charge in [0.25, 0.3) is 5.91 Å². The van der Waals surface area contributed by atoms with E-state index in [9.17, 15) is 18.0 Å². The Balaban J connectivity index is 3.62. The summed E-state index contributed by atoms with van der Waals surface area (Å²) in [4.78, 5) is 16.7. The SMILES string of the molecule is COc1ccc(C(F)(F)F)c(C(N)=O)c1N=CN(C)C. The van der Waals surface area contributed by atoms with Crippen LogP contribution >= 0.6 is 0 Å². The third-order valence-electron chi connectivity index (χ3n) is 2.33. The molecule has 0 saturated heterocycles. The highest BCUT2D eigenvalue weighted by atomic mass is 19.4. The number of nitrogens with two attached hydrogens (primary N) is 1. The van der Waals surface area contributed by atoms with Gasteiger partial charge in [0.15, 0.2) is 0 Å². The number of primary amides is 1. The summed E-state index contributed by atoms with van der Waals surface area (Å²) in [5.41, 5.74) is 2.96. The number of hydrogen-bond donors (Lipinski definition) is 1. The Morgan fingerprint density at radius 1 is 1.40 bits per heavy atom. The van der Waals surface area contributed by atoms with Crippen LogP contribution in [0.2, 0.25) is 0 Å². The highest BCUT2D eigenvalue weighted by molar-refractivity contribution is 6.01. The highest BCUT2D eigenvalue weighted by Crippen LogP contribution is 2.40. The minimum Gasteiger partial charge on any atom is -0.494 e. The van der Waals surface area contributed by atoms with Crippen LogP contribution in [0, 0.1) is 0 Å². The molecule has 0 aromatic heterocycles. The molecule has 0 saturated carbocycles. The Hall–Kier alpha value is -2.25. The molecule has 1 rings (SSSR count). The predicted octanol–water partition coefficient (Wildman–Crippen LogP) is 2.03. The van der Waals surface area contributed by atoms with E-state index in [1.54, 1.807) is 14.1 Å². The Labute approximate surface area is 113 Å². The highest BCUT2D eigenvalue weighted by Gasteiger charge is 2.37. The van der Waals surface area contributed by atoms with E-state index in [0.29, 0.717) is 0 Å². The Morgan fingerprint density at radius 3 is 2.40 bits per heavy atom. The number of amides is 1. The van der Waals surface area contributed by atoms with E-state index in [-0.39, 0.29) is 11.4 Å². The molecule has 20 heavy (non-hydrogen) atoms. The number of benzene rings is 1. The maximum Gasteiger partial charge on any atom is 0.417 e. The van der Waals surface area contributed by atoms with Crippen molar-refractivity contribution in [3.8, 4) is 5.75 Å². The fraction of sp³-hybridized carbons (Fsp3) is 0.333. The molecule has 5 nitrogen and oxygen atoms in total. The van der Waals surface area contributed by atoms with Crippen LogP contribution in [0.25, 0.3) is 0 Å². The second kappa shape index (κ2) is 5.81. The Kier molecular flexibility index (Phi) is 4.59. The zero-order chi connectivity index (χ0) is 15.5. The average molecular weight is 289 g/mol. The molecule has 1 amide bonds. The summed E-state index contributed by atoms with van der Waals surface area (Å²) in [5, 5.41) is 0. The zero-order valence-corrected chi connectivity index (χ0v) is 11.2. The third kappa shape index (κ3) is 3.40. The molecule has 2 N–H and O–H groups in total. The normalized spacial score (nSPS) is 11.7. The molecular formula is C12H14F3N3O2. The summed E-state index contributed by atoms with van der Waals surface area (Å²) in [6.07, 6.45) is -3.45. The van der Waals surface area contributed by atoms with Gasteiger partial charge in [0.2, 0.25) is 0 Å². The van der Waals surface area contributed by atoms with Crippen LogP contribution in [-0.4, -0.2) is 38.4 Å². The second-order valence-corrected chi connectivity index (χ2v) is 4.11. The lowest BCUT2D eigenvalue weighted by atomic mass is 10.0. The van der Waals surface area contributed by atoms with Crippen LogP contribution < -0.4 is 10.5 Å². The summed E-state index contributed by atoms with van der Waals surface area (Å²) in [6, 6.07) is 1.84. The number of ether oxygens (including phenoxy) is 1. The Bertz CT molecular complexity index is 539.